The third-order valence-corrected chi connectivity index (χ3v) is 8.26. The van der Waals surface area contributed by atoms with Gasteiger partial charge in [-0.2, -0.15) is 11.3 Å². The van der Waals surface area contributed by atoms with Gasteiger partial charge in [0.25, 0.3) is 5.24 Å². The first-order valence-corrected chi connectivity index (χ1v) is 14.1. The van der Waals surface area contributed by atoms with E-state index in [2.05, 4.69) is 16.8 Å². The van der Waals surface area contributed by atoms with Crippen LogP contribution in [0, 0.1) is 17.7 Å². The molecule has 1 N–H and O–H groups in total. The van der Waals surface area contributed by atoms with Crippen molar-refractivity contribution in [2.75, 3.05) is 25.4 Å². The van der Waals surface area contributed by atoms with Crippen molar-refractivity contribution in [3.63, 3.8) is 0 Å². The van der Waals surface area contributed by atoms with Crippen molar-refractivity contribution in [2.24, 2.45) is 0 Å². The fraction of sp³-hybridized carbons (Fsp3) is 0.308. The summed E-state index contributed by atoms with van der Waals surface area (Å²) in [5, 5.41) is 16.9. The zero-order chi connectivity index (χ0) is 24.6. The lowest BCUT2D eigenvalue weighted by Crippen LogP contribution is -2.50. The number of carboxylic acid groups (broad SMARTS) is 1. The summed E-state index contributed by atoms with van der Waals surface area (Å²) in [4.78, 5) is 24.9. The molecule has 9 heteroatoms. The van der Waals surface area contributed by atoms with Crippen molar-refractivity contribution in [1.82, 2.24) is 10.0 Å². The van der Waals surface area contributed by atoms with E-state index in [4.69, 9.17) is 5.11 Å². The molecule has 1 saturated heterocycles. The maximum Gasteiger partial charge on any atom is 0.345 e. The van der Waals surface area contributed by atoms with Gasteiger partial charge < -0.3 is 5.11 Å². The molecular formula is C26H25FN2O3S3. The Morgan fingerprint density at radius 1 is 1.09 bits per heavy atom. The van der Waals surface area contributed by atoms with Gasteiger partial charge in [-0.15, -0.1) is 11.3 Å². The molecule has 182 valence electrons. The van der Waals surface area contributed by atoms with E-state index in [9.17, 15) is 14.0 Å². The van der Waals surface area contributed by atoms with Crippen LogP contribution in [0.1, 0.15) is 44.1 Å². The van der Waals surface area contributed by atoms with E-state index in [0.29, 0.717) is 23.4 Å². The molecule has 35 heavy (non-hydrogen) atoms. The highest BCUT2D eigenvalue weighted by Gasteiger charge is 2.26. The number of amides is 1. The SMILES string of the molecule is O=C(O)c1ccc(CCN2C(=O)SCCN2CCCCc2ccc(F)c(C#Cc3ccsc3)c2)s1. The number of hydrogen-bond donors (Lipinski definition) is 1. The Labute approximate surface area is 216 Å². The Balaban J connectivity index is 1.28. The Kier molecular flexibility index (Phi) is 8.99. The highest BCUT2D eigenvalue weighted by atomic mass is 32.2. The Bertz CT molecular complexity index is 1230. The first kappa shape index (κ1) is 25.5. The molecule has 0 aliphatic carbocycles. The summed E-state index contributed by atoms with van der Waals surface area (Å²) in [6.07, 6.45) is 3.27. The molecule has 1 fully saturated rings. The van der Waals surface area contributed by atoms with E-state index < -0.39 is 5.97 Å². The third-order valence-electron chi connectivity index (χ3n) is 5.59. The highest BCUT2D eigenvalue weighted by molar-refractivity contribution is 8.13. The number of carbonyl (C=O) groups is 2. The van der Waals surface area contributed by atoms with Crippen molar-refractivity contribution in [3.8, 4) is 11.8 Å². The van der Waals surface area contributed by atoms with E-state index in [-0.39, 0.29) is 11.1 Å². The number of carbonyl (C=O) groups excluding carboxylic acids is 1. The van der Waals surface area contributed by atoms with Crippen LogP contribution in [0.15, 0.2) is 47.2 Å². The maximum atomic E-state index is 14.2. The molecule has 0 saturated carbocycles. The van der Waals surface area contributed by atoms with Gasteiger partial charge in [-0.1, -0.05) is 29.7 Å². The van der Waals surface area contributed by atoms with Crippen LogP contribution in [0.2, 0.25) is 0 Å². The van der Waals surface area contributed by atoms with Gasteiger partial charge in [0.1, 0.15) is 10.7 Å². The van der Waals surface area contributed by atoms with Gasteiger partial charge in [-0.05, 0) is 60.5 Å². The van der Waals surface area contributed by atoms with Crippen LogP contribution >= 0.6 is 34.4 Å². The van der Waals surface area contributed by atoms with Crippen molar-refractivity contribution in [1.29, 1.82) is 0 Å². The molecule has 1 amide bonds. The van der Waals surface area contributed by atoms with Crippen LogP contribution in [0.3, 0.4) is 0 Å². The van der Waals surface area contributed by atoms with Crippen LogP contribution in [-0.2, 0) is 12.8 Å². The molecule has 1 aliphatic heterocycles. The molecule has 0 spiro atoms. The number of hydrogen-bond acceptors (Lipinski definition) is 6. The number of unbranched alkanes of at least 4 members (excludes halogenated alkanes) is 1. The topological polar surface area (TPSA) is 60.9 Å². The third kappa shape index (κ3) is 7.18. The number of aromatic carboxylic acids is 1. The molecule has 5 nitrogen and oxygen atoms in total. The number of carboxylic acids is 1. The summed E-state index contributed by atoms with van der Waals surface area (Å²) in [6.45, 7) is 2.11. The van der Waals surface area contributed by atoms with Crippen LogP contribution in [0.4, 0.5) is 9.18 Å². The van der Waals surface area contributed by atoms with E-state index >= 15 is 0 Å². The minimum atomic E-state index is -0.921. The lowest BCUT2D eigenvalue weighted by atomic mass is 10.0. The quantitative estimate of drug-likeness (QED) is 0.273. The van der Waals surface area contributed by atoms with Crippen molar-refractivity contribution in [3.05, 3.63) is 79.4 Å². The number of aryl methyl sites for hydroxylation is 1. The second-order valence-corrected chi connectivity index (χ2v) is 11.0. The molecule has 3 heterocycles. The van der Waals surface area contributed by atoms with Gasteiger partial charge in [-0.25, -0.2) is 14.2 Å². The number of benzene rings is 1. The fourth-order valence-electron chi connectivity index (χ4n) is 3.78. The Morgan fingerprint density at radius 3 is 2.74 bits per heavy atom. The summed E-state index contributed by atoms with van der Waals surface area (Å²) in [7, 11) is 0. The van der Waals surface area contributed by atoms with Gasteiger partial charge in [0.2, 0.25) is 0 Å². The molecule has 2 aromatic heterocycles. The number of halogens is 1. The summed E-state index contributed by atoms with van der Waals surface area (Å²) in [5.74, 6) is 5.48. The fourth-order valence-corrected chi connectivity index (χ4v) is 6.04. The smallest absolute Gasteiger partial charge is 0.345 e. The standard InChI is InChI=1S/C26H25FN2O3S3/c27-23-8-5-19(17-21(23)6-4-20-11-15-33-18-20)3-1-2-12-28-14-16-34-26(32)29(28)13-10-22-7-9-24(35-22)25(30)31/h5,7-9,11,15,17-18H,1-3,10,12-14,16H2,(H,30,31). The monoisotopic (exact) mass is 528 g/mol. The van der Waals surface area contributed by atoms with Crippen molar-refractivity contribution >= 4 is 45.6 Å². The number of rotatable bonds is 9. The lowest BCUT2D eigenvalue weighted by Gasteiger charge is -2.38. The average Bonchev–Trinajstić information content (AvgIpc) is 3.54. The summed E-state index contributed by atoms with van der Waals surface area (Å²) in [5.41, 5.74) is 2.35. The Hall–Kier alpha value is -2.64. The van der Waals surface area contributed by atoms with Crippen molar-refractivity contribution in [2.45, 2.75) is 25.7 Å². The molecular weight excluding hydrogens is 503 g/mol. The summed E-state index contributed by atoms with van der Waals surface area (Å²) < 4.78 is 14.2. The minimum Gasteiger partial charge on any atom is -0.477 e. The Morgan fingerprint density at radius 2 is 1.97 bits per heavy atom. The molecule has 1 aliphatic rings. The van der Waals surface area contributed by atoms with Gasteiger partial charge in [0.05, 0.1) is 5.56 Å². The minimum absolute atomic E-state index is 0.0404. The van der Waals surface area contributed by atoms with Crippen molar-refractivity contribution < 1.29 is 19.1 Å². The van der Waals surface area contributed by atoms with E-state index in [1.165, 1.54) is 29.2 Å². The van der Waals surface area contributed by atoms with Crippen LogP contribution in [-0.4, -0.2) is 51.7 Å². The predicted molar refractivity (Wildman–Crippen MR) is 141 cm³/mol. The van der Waals surface area contributed by atoms with Crippen LogP contribution < -0.4 is 0 Å². The molecule has 0 bridgehead atoms. The molecule has 4 rings (SSSR count). The maximum absolute atomic E-state index is 14.2. The first-order valence-electron chi connectivity index (χ1n) is 11.3. The zero-order valence-electron chi connectivity index (χ0n) is 19.0. The zero-order valence-corrected chi connectivity index (χ0v) is 21.5. The van der Waals surface area contributed by atoms with E-state index in [0.717, 1.165) is 54.1 Å². The molecule has 1 aromatic carbocycles. The van der Waals surface area contributed by atoms with E-state index in [1.807, 2.05) is 35.0 Å². The first-order chi connectivity index (χ1) is 17.0. The number of thiophene rings is 2. The second-order valence-electron chi connectivity index (χ2n) is 8.05. The summed E-state index contributed by atoms with van der Waals surface area (Å²) in [6, 6.07) is 10.5. The second kappa shape index (κ2) is 12.4. The molecule has 0 atom stereocenters. The van der Waals surface area contributed by atoms with Gasteiger partial charge in [0.15, 0.2) is 0 Å². The normalized spacial score (nSPS) is 14.1. The number of thioether (sulfide) groups is 1. The van der Waals surface area contributed by atoms with Gasteiger partial charge in [0, 0.05) is 47.6 Å². The molecule has 0 radical (unpaired) electrons. The average molecular weight is 529 g/mol. The molecule has 3 aromatic rings. The van der Waals surface area contributed by atoms with E-state index in [1.54, 1.807) is 22.4 Å². The number of nitrogens with zero attached hydrogens (tertiary/aromatic N) is 2. The lowest BCUT2D eigenvalue weighted by molar-refractivity contribution is 0.0270. The number of hydrazine groups is 1. The highest BCUT2D eigenvalue weighted by Crippen LogP contribution is 2.22. The summed E-state index contributed by atoms with van der Waals surface area (Å²) >= 11 is 4.15. The van der Waals surface area contributed by atoms with Gasteiger partial charge in [-0.3, -0.25) is 9.80 Å². The predicted octanol–water partition coefficient (Wildman–Crippen LogP) is 6.00. The molecule has 0 unspecified atom stereocenters. The van der Waals surface area contributed by atoms with Crippen LogP contribution in [0.25, 0.3) is 0 Å². The largest absolute Gasteiger partial charge is 0.477 e. The van der Waals surface area contributed by atoms with Crippen LogP contribution in [0.5, 0.6) is 0 Å². The van der Waals surface area contributed by atoms with Gasteiger partial charge >= 0.3 is 5.97 Å².